The van der Waals surface area contributed by atoms with Crippen LogP contribution in [0.2, 0.25) is 0 Å². The standard InChI is InChI=1S/C10H20O3S/c1-3-8(2)6-10(11)9-4-5-14(12,13)7-9/h8-11H,3-7H2,1-2H3. The number of rotatable bonds is 4. The molecule has 3 unspecified atom stereocenters. The van der Waals surface area contributed by atoms with Crippen molar-refractivity contribution in [1.29, 1.82) is 0 Å². The molecular weight excluding hydrogens is 200 g/mol. The molecule has 0 aromatic rings. The number of hydrogen-bond donors (Lipinski definition) is 1. The molecule has 1 fully saturated rings. The van der Waals surface area contributed by atoms with Crippen LogP contribution in [0.3, 0.4) is 0 Å². The fourth-order valence-electron chi connectivity index (χ4n) is 1.90. The van der Waals surface area contributed by atoms with Gasteiger partial charge in [0.05, 0.1) is 17.6 Å². The van der Waals surface area contributed by atoms with Gasteiger partial charge in [0, 0.05) is 0 Å². The molecule has 3 nitrogen and oxygen atoms in total. The average Bonchev–Trinajstić information content (AvgIpc) is 2.46. The third-order valence-corrected chi connectivity index (χ3v) is 4.95. The van der Waals surface area contributed by atoms with Crippen molar-refractivity contribution in [2.45, 2.75) is 39.2 Å². The van der Waals surface area contributed by atoms with Gasteiger partial charge in [0.15, 0.2) is 9.84 Å². The molecule has 1 aliphatic rings. The smallest absolute Gasteiger partial charge is 0.150 e. The minimum Gasteiger partial charge on any atom is -0.393 e. The summed E-state index contributed by atoms with van der Waals surface area (Å²) in [4.78, 5) is 0. The maximum Gasteiger partial charge on any atom is 0.150 e. The van der Waals surface area contributed by atoms with Crippen LogP contribution in [0.5, 0.6) is 0 Å². The van der Waals surface area contributed by atoms with Crippen molar-refractivity contribution in [3.63, 3.8) is 0 Å². The molecule has 1 rings (SSSR count). The molecule has 0 bridgehead atoms. The highest BCUT2D eigenvalue weighted by Crippen LogP contribution is 2.25. The van der Waals surface area contributed by atoms with Crippen LogP contribution in [0.15, 0.2) is 0 Å². The molecular formula is C10H20O3S. The third kappa shape index (κ3) is 3.24. The molecule has 0 aromatic carbocycles. The van der Waals surface area contributed by atoms with Gasteiger partial charge >= 0.3 is 0 Å². The second-order valence-corrected chi connectivity index (χ2v) is 6.71. The summed E-state index contributed by atoms with van der Waals surface area (Å²) in [6, 6.07) is 0. The van der Waals surface area contributed by atoms with Crippen LogP contribution in [-0.4, -0.2) is 31.1 Å². The van der Waals surface area contributed by atoms with Gasteiger partial charge in [-0.15, -0.1) is 0 Å². The summed E-state index contributed by atoms with van der Waals surface area (Å²) in [6.07, 6.45) is 1.98. The molecule has 1 saturated heterocycles. The molecule has 0 amide bonds. The third-order valence-electron chi connectivity index (χ3n) is 3.15. The Bertz CT molecular complexity index is 271. The van der Waals surface area contributed by atoms with Gasteiger partial charge in [-0.25, -0.2) is 8.42 Å². The summed E-state index contributed by atoms with van der Waals surface area (Å²) in [5.74, 6) is 0.905. The van der Waals surface area contributed by atoms with Crippen molar-refractivity contribution in [1.82, 2.24) is 0 Å². The van der Waals surface area contributed by atoms with Crippen molar-refractivity contribution in [3.05, 3.63) is 0 Å². The van der Waals surface area contributed by atoms with Crippen LogP contribution in [0.1, 0.15) is 33.1 Å². The van der Waals surface area contributed by atoms with Crippen LogP contribution in [0, 0.1) is 11.8 Å². The van der Waals surface area contributed by atoms with Crippen molar-refractivity contribution in [2.24, 2.45) is 11.8 Å². The van der Waals surface area contributed by atoms with E-state index in [1.807, 2.05) is 0 Å². The second kappa shape index (κ2) is 4.62. The number of aliphatic hydroxyl groups excluding tert-OH is 1. The summed E-state index contributed by atoms with van der Waals surface area (Å²) >= 11 is 0. The summed E-state index contributed by atoms with van der Waals surface area (Å²) in [6.45, 7) is 4.18. The summed E-state index contributed by atoms with van der Waals surface area (Å²) in [5, 5.41) is 9.82. The first kappa shape index (κ1) is 12.0. The molecule has 14 heavy (non-hydrogen) atoms. The molecule has 1 heterocycles. The number of aliphatic hydroxyl groups is 1. The zero-order valence-electron chi connectivity index (χ0n) is 8.94. The molecule has 1 aliphatic heterocycles. The SMILES string of the molecule is CCC(C)CC(O)C1CCS(=O)(=O)C1. The lowest BCUT2D eigenvalue weighted by Crippen LogP contribution is -2.23. The van der Waals surface area contributed by atoms with Gasteiger partial charge in [-0.1, -0.05) is 20.3 Å². The summed E-state index contributed by atoms with van der Waals surface area (Å²) in [7, 11) is -2.84. The van der Waals surface area contributed by atoms with Gasteiger partial charge in [0.1, 0.15) is 0 Å². The monoisotopic (exact) mass is 220 g/mol. The lowest BCUT2D eigenvalue weighted by Gasteiger charge is -2.19. The van der Waals surface area contributed by atoms with E-state index in [-0.39, 0.29) is 17.4 Å². The van der Waals surface area contributed by atoms with E-state index in [0.717, 1.165) is 12.8 Å². The topological polar surface area (TPSA) is 54.4 Å². The van der Waals surface area contributed by atoms with E-state index >= 15 is 0 Å². The van der Waals surface area contributed by atoms with Crippen molar-refractivity contribution in [2.75, 3.05) is 11.5 Å². The maximum absolute atomic E-state index is 11.2. The van der Waals surface area contributed by atoms with Crippen molar-refractivity contribution >= 4 is 9.84 Å². The normalized spacial score (nSPS) is 30.1. The lowest BCUT2D eigenvalue weighted by atomic mass is 9.92. The molecule has 4 heteroatoms. The second-order valence-electron chi connectivity index (χ2n) is 4.48. The zero-order valence-corrected chi connectivity index (χ0v) is 9.76. The Hall–Kier alpha value is -0.0900. The molecule has 0 aromatic heterocycles. The van der Waals surface area contributed by atoms with E-state index in [1.165, 1.54) is 0 Å². The fourth-order valence-corrected chi connectivity index (χ4v) is 3.77. The first-order valence-electron chi connectivity index (χ1n) is 5.33. The molecule has 0 radical (unpaired) electrons. The van der Waals surface area contributed by atoms with Gasteiger partial charge in [0.25, 0.3) is 0 Å². The zero-order chi connectivity index (χ0) is 10.8. The highest BCUT2D eigenvalue weighted by Gasteiger charge is 2.32. The Labute approximate surface area is 86.4 Å². The maximum atomic E-state index is 11.2. The van der Waals surface area contributed by atoms with Gasteiger partial charge in [-0.3, -0.25) is 0 Å². The predicted molar refractivity (Wildman–Crippen MR) is 56.8 cm³/mol. The van der Waals surface area contributed by atoms with Gasteiger partial charge in [-0.2, -0.15) is 0 Å². The van der Waals surface area contributed by atoms with Crippen LogP contribution >= 0.6 is 0 Å². The Kier molecular flexibility index (Phi) is 3.95. The molecule has 0 saturated carbocycles. The Morgan fingerprint density at radius 2 is 2.14 bits per heavy atom. The minimum absolute atomic E-state index is 0.0194. The highest BCUT2D eigenvalue weighted by atomic mass is 32.2. The van der Waals surface area contributed by atoms with E-state index in [9.17, 15) is 13.5 Å². The van der Waals surface area contributed by atoms with Gasteiger partial charge < -0.3 is 5.11 Å². The predicted octanol–water partition coefficient (Wildman–Crippen LogP) is 1.22. The van der Waals surface area contributed by atoms with E-state index < -0.39 is 15.9 Å². The van der Waals surface area contributed by atoms with Crippen molar-refractivity contribution in [3.8, 4) is 0 Å². The Morgan fingerprint density at radius 1 is 1.50 bits per heavy atom. The summed E-state index contributed by atoms with van der Waals surface area (Å²) < 4.78 is 22.4. The van der Waals surface area contributed by atoms with E-state index in [0.29, 0.717) is 12.3 Å². The van der Waals surface area contributed by atoms with E-state index in [4.69, 9.17) is 0 Å². The Morgan fingerprint density at radius 3 is 2.57 bits per heavy atom. The van der Waals surface area contributed by atoms with Crippen LogP contribution in [0.25, 0.3) is 0 Å². The molecule has 84 valence electrons. The van der Waals surface area contributed by atoms with E-state index in [1.54, 1.807) is 0 Å². The first-order chi connectivity index (χ1) is 6.44. The molecule has 3 atom stereocenters. The number of hydrogen-bond acceptors (Lipinski definition) is 3. The molecule has 1 N–H and O–H groups in total. The fraction of sp³-hybridized carbons (Fsp3) is 1.00. The quantitative estimate of drug-likeness (QED) is 0.775. The van der Waals surface area contributed by atoms with Crippen LogP contribution in [-0.2, 0) is 9.84 Å². The summed E-state index contributed by atoms with van der Waals surface area (Å²) in [5.41, 5.74) is 0. The largest absolute Gasteiger partial charge is 0.393 e. The number of sulfone groups is 1. The lowest BCUT2D eigenvalue weighted by molar-refractivity contribution is 0.0943. The highest BCUT2D eigenvalue weighted by molar-refractivity contribution is 7.91. The first-order valence-corrected chi connectivity index (χ1v) is 7.15. The Balaban J connectivity index is 2.43. The van der Waals surface area contributed by atoms with Crippen molar-refractivity contribution < 1.29 is 13.5 Å². The molecule has 0 aliphatic carbocycles. The van der Waals surface area contributed by atoms with Gasteiger partial charge in [-0.05, 0) is 24.7 Å². The van der Waals surface area contributed by atoms with E-state index in [2.05, 4.69) is 13.8 Å². The molecule has 0 spiro atoms. The van der Waals surface area contributed by atoms with Crippen LogP contribution < -0.4 is 0 Å². The average molecular weight is 220 g/mol. The van der Waals surface area contributed by atoms with Crippen LogP contribution in [0.4, 0.5) is 0 Å². The van der Waals surface area contributed by atoms with Gasteiger partial charge in [0.2, 0.25) is 0 Å². The minimum atomic E-state index is -2.84.